The fraction of sp³-hybridized carbons (Fsp3) is 0.136. The van der Waals surface area contributed by atoms with Gasteiger partial charge >= 0.3 is 6.18 Å². The third-order valence-corrected chi connectivity index (χ3v) is 4.63. The second kappa shape index (κ2) is 9.35. The number of benzene rings is 1. The van der Waals surface area contributed by atoms with E-state index < -0.39 is 11.7 Å². The Labute approximate surface area is 187 Å². The zero-order valence-electron chi connectivity index (χ0n) is 17.1. The molecule has 2 N–H and O–H groups in total. The Hall–Kier alpha value is -4.46. The molecule has 33 heavy (non-hydrogen) atoms. The lowest BCUT2D eigenvalue weighted by molar-refractivity contribution is -0.137. The minimum Gasteiger partial charge on any atom is -0.368 e. The molecular weight excluding hydrogens is 433 g/mol. The first-order valence-corrected chi connectivity index (χ1v) is 9.78. The van der Waals surface area contributed by atoms with E-state index in [1.54, 1.807) is 41.6 Å². The van der Waals surface area contributed by atoms with Gasteiger partial charge < -0.3 is 15.2 Å². The van der Waals surface area contributed by atoms with Crippen molar-refractivity contribution in [3.05, 3.63) is 84.5 Å². The first-order valence-electron chi connectivity index (χ1n) is 9.78. The second-order valence-electron chi connectivity index (χ2n) is 6.84. The van der Waals surface area contributed by atoms with E-state index in [-0.39, 0.29) is 0 Å². The lowest BCUT2D eigenvalue weighted by Crippen LogP contribution is -2.16. The van der Waals surface area contributed by atoms with Crippen molar-refractivity contribution in [1.82, 2.24) is 24.5 Å². The molecule has 0 saturated heterocycles. The molecule has 4 aromatic rings. The van der Waals surface area contributed by atoms with Crippen molar-refractivity contribution >= 4 is 17.5 Å². The number of anilines is 2. The van der Waals surface area contributed by atoms with Crippen molar-refractivity contribution in [2.45, 2.75) is 6.18 Å². The van der Waals surface area contributed by atoms with Gasteiger partial charge in [-0.25, -0.2) is 24.8 Å². The molecule has 0 radical (unpaired) electrons. The summed E-state index contributed by atoms with van der Waals surface area (Å²) in [6.07, 6.45) is 3.12. The normalized spacial score (nSPS) is 11.1. The van der Waals surface area contributed by atoms with Crippen LogP contribution in [0.4, 0.5) is 30.6 Å². The van der Waals surface area contributed by atoms with Crippen LogP contribution >= 0.6 is 0 Å². The summed E-state index contributed by atoms with van der Waals surface area (Å²) < 4.78 is 39.7. The minimum absolute atomic E-state index is 0.335. The monoisotopic (exact) mass is 450 g/mol. The van der Waals surface area contributed by atoms with Crippen LogP contribution in [0.1, 0.15) is 5.56 Å². The van der Waals surface area contributed by atoms with Crippen LogP contribution in [0, 0.1) is 6.57 Å². The molecule has 4 rings (SSSR count). The summed E-state index contributed by atoms with van der Waals surface area (Å²) in [5, 5.41) is 6.04. The summed E-state index contributed by atoms with van der Waals surface area (Å²) in [4.78, 5) is 20.2. The van der Waals surface area contributed by atoms with Crippen molar-refractivity contribution in [2.24, 2.45) is 0 Å². The van der Waals surface area contributed by atoms with Gasteiger partial charge in [-0.3, -0.25) is 0 Å². The summed E-state index contributed by atoms with van der Waals surface area (Å²) in [5.41, 5.74) is 1.91. The van der Waals surface area contributed by atoms with E-state index in [9.17, 15) is 13.2 Å². The van der Waals surface area contributed by atoms with Gasteiger partial charge in [0.1, 0.15) is 5.82 Å². The van der Waals surface area contributed by atoms with Crippen LogP contribution in [-0.4, -0.2) is 37.6 Å². The van der Waals surface area contributed by atoms with Crippen molar-refractivity contribution in [3.63, 3.8) is 0 Å². The average molecular weight is 450 g/mol. The number of aromatic nitrogens is 5. The molecule has 1 aromatic carbocycles. The maximum absolute atomic E-state index is 12.6. The van der Waals surface area contributed by atoms with Crippen molar-refractivity contribution < 1.29 is 13.2 Å². The third kappa shape index (κ3) is 5.24. The van der Waals surface area contributed by atoms with Gasteiger partial charge in [0, 0.05) is 31.7 Å². The van der Waals surface area contributed by atoms with Gasteiger partial charge in [-0.05, 0) is 17.7 Å². The van der Waals surface area contributed by atoms with E-state index in [1.807, 2.05) is 12.1 Å². The molecule has 0 saturated carbocycles. The quantitative estimate of drug-likeness (QED) is 0.310. The Bertz CT molecular complexity index is 1250. The summed E-state index contributed by atoms with van der Waals surface area (Å²) in [5.74, 6) is 0.715. The molecular formula is C22H17F3N8. The fourth-order valence-electron chi connectivity index (χ4n) is 2.99. The zero-order valence-corrected chi connectivity index (χ0v) is 17.1. The molecule has 0 atom stereocenters. The van der Waals surface area contributed by atoms with Crippen LogP contribution in [-0.2, 0) is 6.18 Å². The van der Waals surface area contributed by atoms with Gasteiger partial charge in [-0.15, -0.1) is 0 Å². The van der Waals surface area contributed by atoms with Crippen molar-refractivity contribution in [1.29, 1.82) is 0 Å². The number of hydrogen-bond acceptors (Lipinski definition) is 6. The molecule has 0 fully saturated rings. The van der Waals surface area contributed by atoms with E-state index >= 15 is 0 Å². The Balaban J connectivity index is 1.45. The highest BCUT2D eigenvalue weighted by molar-refractivity contribution is 5.71. The zero-order chi connectivity index (χ0) is 23.3. The summed E-state index contributed by atoms with van der Waals surface area (Å²) >= 11 is 0. The molecule has 0 aliphatic heterocycles. The lowest BCUT2D eigenvalue weighted by atomic mass is 10.1. The predicted molar refractivity (Wildman–Crippen MR) is 117 cm³/mol. The molecule has 0 aliphatic rings. The topological polar surface area (TPSA) is 84.9 Å². The average Bonchev–Trinajstić information content (AvgIpc) is 3.36. The van der Waals surface area contributed by atoms with Crippen LogP contribution in [0.5, 0.6) is 0 Å². The Morgan fingerprint density at radius 2 is 1.76 bits per heavy atom. The van der Waals surface area contributed by atoms with Gasteiger partial charge in [-0.1, -0.05) is 24.3 Å². The van der Waals surface area contributed by atoms with Crippen LogP contribution in [0.2, 0.25) is 0 Å². The maximum Gasteiger partial charge on any atom is 0.417 e. The molecule has 166 valence electrons. The fourth-order valence-corrected chi connectivity index (χ4v) is 2.99. The molecule has 0 aliphatic carbocycles. The number of alkyl halides is 3. The van der Waals surface area contributed by atoms with Crippen LogP contribution in [0.15, 0.2) is 67.5 Å². The highest BCUT2D eigenvalue weighted by Gasteiger charge is 2.30. The van der Waals surface area contributed by atoms with E-state index in [1.165, 1.54) is 6.07 Å². The predicted octanol–water partition coefficient (Wildman–Crippen LogP) is 4.82. The van der Waals surface area contributed by atoms with E-state index in [4.69, 9.17) is 6.57 Å². The second-order valence-corrected chi connectivity index (χ2v) is 6.84. The number of imidazole rings is 1. The van der Waals surface area contributed by atoms with Gasteiger partial charge in [-0.2, -0.15) is 13.2 Å². The summed E-state index contributed by atoms with van der Waals surface area (Å²) in [7, 11) is 0. The molecule has 11 heteroatoms. The van der Waals surface area contributed by atoms with Gasteiger partial charge in [0.25, 0.3) is 0 Å². The molecule has 0 bridgehead atoms. The molecule has 0 unspecified atom stereocenters. The number of hydrogen-bond donors (Lipinski definition) is 2. The number of rotatable bonds is 7. The number of halogens is 3. The smallest absolute Gasteiger partial charge is 0.368 e. The number of nitrogens with zero attached hydrogens (tertiary/aromatic N) is 6. The Morgan fingerprint density at radius 1 is 0.970 bits per heavy atom. The third-order valence-electron chi connectivity index (χ3n) is 4.63. The van der Waals surface area contributed by atoms with Crippen molar-refractivity contribution in [2.75, 3.05) is 23.7 Å². The Kier molecular flexibility index (Phi) is 6.17. The maximum atomic E-state index is 12.6. The standard InChI is InChI=1S/C22H17F3N8/c1-26-17-5-2-15(3-6-17)20-18(33-11-10-27-14-33)13-31-21(32-20)29-9-8-28-19-7-4-16(12-30-19)22(23,24)25/h2-7,10-14H,8-9H2,(H,28,30)(H,29,31,32). The first kappa shape index (κ1) is 21.8. The van der Waals surface area contributed by atoms with Crippen LogP contribution in [0.25, 0.3) is 21.8 Å². The van der Waals surface area contributed by atoms with E-state index in [2.05, 4.69) is 35.4 Å². The highest BCUT2D eigenvalue weighted by atomic mass is 19.4. The van der Waals surface area contributed by atoms with Crippen LogP contribution < -0.4 is 10.6 Å². The number of pyridine rings is 1. The summed E-state index contributed by atoms with van der Waals surface area (Å²) in [6.45, 7) is 7.91. The van der Waals surface area contributed by atoms with Gasteiger partial charge in [0.2, 0.25) is 5.95 Å². The molecule has 0 spiro atoms. The Morgan fingerprint density at radius 3 is 2.39 bits per heavy atom. The van der Waals surface area contributed by atoms with Crippen LogP contribution in [0.3, 0.4) is 0 Å². The van der Waals surface area contributed by atoms with Gasteiger partial charge in [0.05, 0.1) is 36.0 Å². The minimum atomic E-state index is -4.42. The largest absolute Gasteiger partial charge is 0.417 e. The highest BCUT2D eigenvalue weighted by Crippen LogP contribution is 2.29. The molecule has 0 amide bonds. The molecule has 3 heterocycles. The molecule has 3 aromatic heterocycles. The van der Waals surface area contributed by atoms with Gasteiger partial charge in [0.15, 0.2) is 5.69 Å². The molecule has 8 nitrogen and oxygen atoms in total. The lowest BCUT2D eigenvalue weighted by Gasteiger charge is -2.13. The van der Waals surface area contributed by atoms with E-state index in [0.717, 1.165) is 23.5 Å². The summed E-state index contributed by atoms with van der Waals surface area (Å²) in [6, 6.07) is 9.33. The van der Waals surface area contributed by atoms with Crippen molar-refractivity contribution in [3.8, 4) is 16.9 Å². The SMILES string of the molecule is [C-]#[N+]c1ccc(-c2nc(NCCNc3ccc(C(F)(F)F)cn3)ncc2-n2ccnc2)cc1. The number of nitrogens with one attached hydrogen (secondary N) is 2. The first-order chi connectivity index (χ1) is 15.9. The van der Waals surface area contributed by atoms with E-state index in [0.29, 0.717) is 36.2 Å².